The van der Waals surface area contributed by atoms with E-state index in [1.807, 2.05) is 6.07 Å². The third-order valence-corrected chi connectivity index (χ3v) is 1.62. The number of fused-ring (bicyclic) bond motifs is 1. The van der Waals surface area contributed by atoms with Crippen molar-refractivity contribution in [2.75, 3.05) is 0 Å². The van der Waals surface area contributed by atoms with E-state index in [1.165, 1.54) is 18.2 Å². The molecule has 0 bridgehead atoms. The highest BCUT2D eigenvalue weighted by atomic mass is 19.1. The lowest BCUT2D eigenvalue weighted by Crippen LogP contribution is -1.78. The maximum atomic E-state index is 12.7. The fourth-order valence-electron chi connectivity index (χ4n) is 1.09. The molecule has 0 spiro atoms. The van der Waals surface area contributed by atoms with Crippen LogP contribution in [0.4, 0.5) is 4.39 Å². The highest BCUT2D eigenvalue weighted by molar-refractivity contribution is 5.72. The van der Waals surface area contributed by atoms with Crippen molar-refractivity contribution in [3.05, 3.63) is 29.9 Å². The molecule has 0 aliphatic carbocycles. The number of nitriles is 1. The van der Waals surface area contributed by atoms with E-state index in [0.29, 0.717) is 17.0 Å². The third kappa shape index (κ3) is 1.36. The van der Waals surface area contributed by atoms with E-state index in [0.717, 1.165) is 0 Å². The average Bonchev–Trinajstić information content (AvgIpc) is 2.46. The van der Waals surface area contributed by atoms with Gasteiger partial charge in [0, 0.05) is 6.07 Å². The first kappa shape index (κ1) is 7.74. The lowest BCUT2D eigenvalue weighted by atomic mass is 10.3. The van der Waals surface area contributed by atoms with Gasteiger partial charge in [-0.25, -0.2) is 9.37 Å². The molecule has 3 nitrogen and oxygen atoms in total. The van der Waals surface area contributed by atoms with Crippen LogP contribution in [-0.2, 0) is 6.42 Å². The van der Waals surface area contributed by atoms with Crippen LogP contribution in [0, 0.1) is 17.1 Å². The normalized spacial score (nSPS) is 10.2. The first-order valence-electron chi connectivity index (χ1n) is 3.71. The molecule has 0 N–H and O–H groups in total. The van der Waals surface area contributed by atoms with Crippen molar-refractivity contribution in [3.63, 3.8) is 0 Å². The molecule has 2 rings (SSSR count). The van der Waals surface area contributed by atoms with Crippen LogP contribution < -0.4 is 0 Å². The van der Waals surface area contributed by atoms with E-state index in [-0.39, 0.29) is 12.2 Å². The van der Waals surface area contributed by atoms with Gasteiger partial charge in [-0.1, -0.05) is 0 Å². The number of hydrogen-bond donors (Lipinski definition) is 0. The summed E-state index contributed by atoms with van der Waals surface area (Å²) in [7, 11) is 0. The van der Waals surface area contributed by atoms with Crippen molar-refractivity contribution in [3.8, 4) is 6.07 Å². The monoisotopic (exact) mass is 176 g/mol. The summed E-state index contributed by atoms with van der Waals surface area (Å²) in [4.78, 5) is 3.93. The molecule has 0 amide bonds. The highest BCUT2D eigenvalue weighted by Gasteiger charge is 2.05. The minimum Gasteiger partial charge on any atom is -0.440 e. The van der Waals surface area contributed by atoms with Gasteiger partial charge >= 0.3 is 0 Å². The predicted molar refractivity (Wildman–Crippen MR) is 43.3 cm³/mol. The van der Waals surface area contributed by atoms with E-state index in [1.54, 1.807) is 0 Å². The molecule has 0 saturated carbocycles. The fourth-order valence-corrected chi connectivity index (χ4v) is 1.09. The number of benzene rings is 1. The summed E-state index contributed by atoms with van der Waals surface area (Å²) in [5, 5.41) is 8.38. The Kier molecular flexibility index (Phi) is 1.71. The molecule has 13 heavy (non-hydrogen) atoms. The lowest BCUT2D eigenvalue weighted by Gasteiger charge is -1.84. The third-order valence-electron chi connectivity index (χ3n) is 1.62. The number of rotatable bonds is 1. The van der Waals surface area contributed by atoms with Gasteiger partial charge in [0.1, 0.15) is 17.8 Å². The van der Waals surface area contributed by atoms with Crippen LogP contribution in [0.1, 0.15) is 5.89 Å². The van der Waals surface area contributed by atoms with Gasteiger partial charge in [-0.15, -0.1) is 0 Å². The molecule has 0 aliphatic heterocycles. The maximum Gasteiger partial charge on any atom is 0.209 e. The van der Waals surface area contributed by atoms with Gasteiger partial charge in [0.05, 0.1) is 6.07 Å². The Morgan fingerprint density at radius 1 is 1.54 bits per heavy atom. The maximum absolute atomic E-state index is 12.7. The molecule has 0 unspecified atom stereocenters. The molecule has 64 valence electrons. The number of halogens is 1. The first-order valence-corrected chi connectivity index (χ1v) is 3.71. The van der Waals surface area contributed by atoms with Crippen molar-refractivity contribution in [1.82, 2.24) is 4.98 Å². The molecule has 0 aliphatic rings. The van der Waals surface area contributed by atoms with Gasteiger partial charge in [0.2, 0.25) is 5.89 Å². The summed E-state index contributed by atoms with van der Waals surface area (Å²) in [6.07, 6.45) is 0.107. The number of oxazole rings is 1. The molecule has 1 heterocycles. The van der Waals surface area contributed by atoms with Crippen molar-refractivity contribution < 1.29 is 8.81 Å². The summed E-state index contributed by atoms with van der Waals surface area (Å²) < 4.78 is 17.8. The summed E-state index contributed by atoms with van der Waals surface area (Å²) in [6, 6.07) is 5.98. The molecular weight excluding hydrogens is 171 g/mol. The largest absolute Gasteiger partial charge is 0.440 e. The smallest absolute Gasteiger partial charge is 0.209 e. The topological polar surface area (TPSA) is 49.8 Å². The van der Waals surface area contributed by atoms with Gasteiger partial charge in [0.15, 0.2) is 5.58 Å². The minimum absolute atomic E-state index is 0.107. The molecule has 0 radical (unpaired) electrons. The zero-order valence-corrected chi connectivity index (χ0v) is 6.62. The molecule has 4 heteroatoms. The van der Waals surface area contributed by atoms with Crippen molar-refractivity contribution in [1.29, 1.82) is 5.26 Å². The first-order chi connectivity index (χ1) is 6.29. The van der Waals surface area contributed by atoms with Gasteiger partial charge in [-0.3, -0.25) is 0 Å². The van der Waals surface area contributed by atoms with Crippen LogP contribution in [0.15, 0.2) is 22.6 Å². The van der Waals surface area contributed by atoms with Crippen LogP contribution in [0.3, 0.4) is 0 Å². The second kappa shape index (κ2) is 2.87. The Hall–Kier alpha value is -1.89. The minimum atomic E-state index is -0.357. The van der Waals surface area contributed by atoms with Gasteiger partial charge in [-0.05, 0) is 12.1 Å². The number of aromatic nitrogens is 1. The summed E-state index contributed by atoms with van der Waals surface area (Å²) in [5.41, 5.74) is 0.955. The average molecular weight is 176 g/mol. The predicted octanol–water partition coefficient (Wildman–Crippen LogP) is 2.03. The van der Waals surface area contributed by atoms with Crippen molar-refractivity contribution >= 4 is 11.1 Å². The molecule has 1 aromatic carbocycles. The van der Waals surface area contributed by atoms with Crippen LogP contribution in [0.2, 0.25) is 0 Å². The Morgan fingerprint density at radius 3 is 3.15 bits per heavy atom. The van der Waals surface area contributed by atoms with Gasteiger partial charge < -0.3 is 4.42 Å². The molecule has 0 atom stereocenters. The standard InChI is InChI=1S/C9H5FN2O/c10-6-1-2-8-7(5-6)12-9(13-8)3-4-11/h1-2,5H,3H2. The molecule has 0 saturated heterocycles. The lowest BCUT2D eigenvalue weighted by molar-refractivity contribution is 0.548. The van der Waals surface area contributed by atoms with E-state index in [4.69, 9.17) is 9.68 Å². The second-order valence-corrected chi connectivity index (χ2v) is 2.55. The summed E-state index contributed by atoms with van der Waals surface area (Å²) in [6.45, 7) is 0. The van der Waals surface area contributed by atoms with E-state index in [9.17, 15) is 4.39 Å². The zero-order chi connectivity index (χ0) is 9.26. The van der Waals surface area contributed by atoms with Crippen LogP contribution >= 0.6 is 0 Å². The van der Waals surface area contributed by atoms with E-state index < -0.39 is 0 Å². The Balaban J connectivity index is 2.57. The fraction of sp³-hybridized carbons (Fsp3) is 0.111. The molecule has 2 aromatic rings. The van der Waals surface area contributed by atoms with Crippen molar-refractivity contribution in [2.24, 2.45) is 0 Å². The number of hydrogen-bond acceptors (Lipinski definition) is 3. The van der Waals surface area contributed by atoms with Crippen molar-refractivity contribution in [2.45, 2.75) is 6.42 Å². The van der Waals surface area contributed by atoms with Gasteiger partial charge in [0.25, 0.3) is 0 Å². The zero-order valence-electron chi connectivity index (χ0n) is 6.62. The highest BCUT2D eigenvalue weighted by Crippen LogP contribution is 2.16. The van der Waals surface area contributed by atoms with E-state index >= 15 is 0 Å². The van der Waals surface area contributed by atoms with Crippen LogP contribution in [-0.4, -0.2) is 4.98 Å². The second-order valence-electron chi connectivity index (χ2n) is 2.55. The molecule has 0 fully saturated rings. The molecular formula is C9H5FN2O. The van der Waals surface area contributed by atoms with E-state index in [2.05, 4.69) is 4.98 Å². The number of nitrogens with zero attached hydrogens (tertiary/aromatic N) is 2. The SMILES string of the molecule is N#CCc1nc2cc(F)ccc2o1. The Labute approximate surface area is 73.4 Å². The Morgan fingerprint density at radius 2 is 2.38 bits per heavy atom. The van der Waals surface area contributed by atoms with Gasteiger partial charge in [-0.2, -0.15) is 5.26 Å². The Bertz CT molecular complexity index is 484. The molecule has 1 aromatic heterocycles. The summed E-state index contributed by atoms with van der Waals surface area (Å²) >= 11 is 0. The quantitative estimate of drug-likeness (QED) is 0.667. The van der Waals surface area contributed by atoms with Crippen LogP contribution in [0.5, 0.6) is 0 Å². The van der Waals surface area contributed by atoms with Crippen LogP contribution in [0.25, 0.3) is 11.1 Å². The summed E-state index contributed by atoms with van der Waals surface area (Å²) in [5.74, 6) is -0.0348.